The van der Waals surface area contributed by atoms with E-state index in [1.165, 1.54) is 0 Å². The maximum absolute atomic E-state index is 13.1. The van der Waals surface area contributed by atoms with Crippen LogP contribution < -0.4 is 30.3 Å². The second-order valence-corrected chi connectivity index (χ2v) is 14.9. The van der Waals surface area contributed by atoms with Gasteiger partial charge < -0.3 is 49.7 Å². The van der Waals surface area contributed by atoms with Gasteiger partial charge in [0.25, 0.3) is 17.7 Å². The molecule has 1 saturated heterocycles. The molecule has 2 aliphatic rings. The van der Waals surface area contributed by atoms with Gasteiger partial charge in [0.15, 0.2) is 0 Å². The summed E-state index contributed by atoms with van der Waals surface area (Å²) in [5.41, 5.74) is 3.65. The largest absolute Gasteiger partial charge is 0.470 e. The van der Waals surface area contributed by atoms with Gasteiger partial charge in [-0.05, 0) is 77.5 Å². The van der Waals surface area contributed by atoms with Gasteiger partial charge in [0.1, 0.15) is 18.5 Å². The number of carbonyl (C=O) groups excluding carboxylic acids is 4. The number of anilines is 2. The van der Waals surface area contributed by atoms with Crippen LogP contribution in [0, 0.1) is 13.8 Å². The van der Waals surface area contributed by atoms with Crippen LogP contribution in [0.5, 0.6) is 11.6 Å². The van der Waals surface area contributed by atoms with Gasteiger partial charge in [0, 0.05) is 73.1 Å². The normalized spacial score (nSPS) is 15.6. The molecule has 0 radical (unpaired) electrons. The van der Waals surface area contributed by atoms with Crippen molar-refractivity contribution in [2.45, 2.75) is 60.1 Å². The van der Waals surface area contributed by atoms with E-state index in [2.05, 4.69) is 48.4 Å². The Balaban J connectivity index is 1.21. The van der Waals surface area contributed by atoms with Crippen LogP contribution in [-0.2, 0) is 23.9 Å². The second kappa shape index (κ2) is 19.2. The van der Waals surface area contributed by atoms with Crippen LogP contribution in [0.4, 0.5) is 11.5 Å². The van der Waals surface area contributed by atoms with Crippen molar-refractivity contribution in [2.75, 3.05) is 75.9 Å². The van der Waals surface area contributed by atoms with E-state index in [0.29, 0.717) is 83.9 Å². The number of benzene rings is 1. The number of nitrogens with one attached hydrogen (secondary N) is 4. The molecule has 302 valence electrons. The first-order chi connectivity index (χ1) is 26.8. The molecule has 17 heteroatoms. The predicted molar refractivity (Wildman–Crippen MR) is 214 cm³/mol. The van der Waals surface area contributed by atoms with Crippen LogP contribution >= 0.6 is 11.7 Å². The number of hydrogen-bond donors (Lipinski definition) is 4. The Morgan fingerprint density at radius 1 is 1.09 bits per heavy atom. The first-order valence-electron chi connectivity index (χ1n) is 18.8. The summed E-state index contributed by atoms with van der Waals surface area (Å²) in [7, 11) is 0. The van der Waals surface area contributed by atoms with Crippen molar-refractivity contribution in [2.24, 2.45) is 0 Å². The van der Waals surface area contributed by atoms with Gasteiger partial charge in [-0.25, -0.2) is 9.59 Å². The monoisotopic (exact) mass is 792 g/mol. The minimum atomic E-state index is -0.818. The lowest BCUT2D eigenvalue weighted by Crippen LogP contribution is -2.44. The number of aromatic nitrogens is 3. The zero-order valence-corrected chi connectivity index (χ0v) is 33.9. The quantitative estimate of drug-likeness (QED) is 0.0881. The summed E-state index contributed by atoms with van der Waals surface area (Å²) >= 11 is 1.04. The summed E-state index contributed by atoms with van der Waals surface area (Å²) < 4.78 is 31.2. The highest BCUT2D eigenvalue weighted by Gasteiger charge is 2.27. The molecule has 0 saturated carbocycles. The number of fused-ring (bicyclic) bond motifs is 1. The molecule has 16 nitrogen and oxygen atoms in total. The zero-order valence-electron chi connectivity index (χ0n) is 33.1. The fourth-order valence-electron chi connectivity index (χ4n) is 6.18. The van der Waals surface area contributed by atoms with Crippen molar-refractivity contribution in [3.8, 4) is 11.6 Å². The molecule has 0 spiro atoms. The average molecular weight is 793 g/mol. The van der Waals surface area contributed by atoms with Crippen molar-refractivity contribution in [1.82, 2.24) is 29.3 Å². The Labute approximate surface area is 331 Å². The molecular weight excluding hydrogens is 741 g/mol. The Kier molecular flexibility index (Phi) is 14.4. The van der Waals surface area contributed by atoms with E-state index < -0.39 is 18.0 Å². The molecule has 5 rings (SSSR count). The Bertz CT molecular complexity index is 1940. The Morgan fingerprint density at radius 2 is 1.82 bits per heavy atom. The lowest BCUT2D eigenvalue weighted by Gasteiger charge is -2.27. The van der Waals surface area contributed by atoms with Gasteiger partial charge in [0.2, 0.25) is 5.82 Å². The van der Waals surface area contributed by atoms with Crippen molar-refractivity contribution in [3.05, 3.63) is 58.4 Å². The van der Waals surface area contributed by atoms with E-state index in [4.69, 9.17) is 18.9 Å². The molecule has 4 N–H and O–H groups in total. The van der Waals surface area contributed by atoms with Crippen LogP contribution in [0.1, 0.15) is 67.5 Å². The van der Waals surface area contributed by atoms with Crippen molar-refractivity contribution < 1.29 is 38.1 Å². The number of H-pyrrole nitrogens is 1. The average Bonchev–Trinajstić information content (AvgIpc) is 3.84. The number of morpholine rings is 1. The molecule has 4 heterocycles. The molecule has 2 amide bonds. The zero-order chi connectivity index (χ0) is 40.4. The van der Waals surface area contributed by atoms with Crippen molar-refractivity contribution in [1.29, 1.82) is 0 Å². The maximum atomic E-state index is 13.1. The number of nitrogens with zero attached hydrogens (tertiary/aromatic N) is 4. The lowest BCUT2D eigenvalue weighted by molar-refractivity contribution is -0.144. The molecule has 56 heavy (non-hydrogen) atoms. The fraction of sp³-hybridized carbons (Fsp3) is 0.487. The van der Waals surface area contributed by atoms with Crippen molar-refractivity contribution in [3.63, 3.8) is 0 Å². The highest BCUT2D eigenvalue weighted by molar-refractivity contribution is 6.99. The number of rotatable bonds is 17. The number of likely N-dealkylation sites (N-methyl/N-ethyl adjacent to an activating group) is 1. The van der Waals surface area contributed by atoms with Gasteiger partial charge in [-0.3, -0.25) is 9.59 Å². The van der Waals surface area contributed by atoms with Crippen LogP contribution in [0.15, 0.2) is 30.4 Å². The van der Waals surface area contributed by atoms with E-state index in [1.54, 1.807) is 24.3 Å². The lowest BCUT2D eigenvalue weighted by atomic mass is 10.0. The number of ether oxygens (including phenoxy) is 4. The predicted octanol–water partition coefficient (Wildman–Crippen LogP) is 3.72. The molecule has 1 fully saturated rings. The molecule has 0 unspecified atom stereocenters. The van der Waals surface area contributed by atoms with Crippen LogP contribution in [-0.4, -0.2) is 120 Å². The van der Waals surface area contributed by atoms with Crippen molar-refractivity contribution >= 4 is 58.6 Å². The molecule has 2 aromatic heterocycles. The summed E-state index contributed by atoms with van der Waals surface area (Å²) in [6, 6.07) is 4.74. The van der Waals surface area contributed by atoms with Gasteiger partial charge in [-0.2, -0.15) is 4.37 Å². The number of aryl methyl sites for hydroxylation is 1. The van der Waals surface area contributed by atoms with Gasteiger partial charge in [-0.1, -0.05) is 13.8 Å². The van der Waals surface area contributed by atoms with Crippen LogP contribution in [0.3, 0.4) is 0 Å². The number of hydrogen-bond acceptors (Lipinski definition) is 14. The SMILES string of the molecule is CCN(CC)CCNC(=O)c1c(C)[nH]c(/C=C2\C(=O)Nc3ccc(OC(=O)/C=C\C(=O)O[C@@H](CNC(C)(C)C)COc4nsnc4N4CCOCC4)cc32)c1C. The standard InChI is InChI=1S/C39H52N8O8S/c1-8-46(9-2)15-14-40-37(51)34-24(3)31(42-25(34)4)21-29-28-20-26(10-11-30(28)43-36(29)50)54-32(48)12-13-33(49)55-27(22-41-39(5,6)7)23-53-38-35(44-56-45-38)47-16-18-52-19-17-47/h10-13,20-21,27,41-42H,8-9,14-19,22-23H2,1-7H3,(H,40,51)(H,43,50)/b13-12-,29-21-/t27-/m0/s1. The molecule has 0 bridgehead atoms. The summed E-state index contributed by atoms with van der Waals surface area (Å²) in [4.78, 5) is 59.4. The molecule has 1 aromatic carbocycles. The third-order valence-corrected chi connectivity index (χ3v) is 9.75. The first-order valence-corrected chi connectivity index (χ1v) is 19.5. The first kappa shape index (κ1) is 42.1. The highest BCUT2D eigenvalue weighted by atomic mass is 32.1. The summed E-state index contributed by atoms with van der Waals surface area (Å²) in [5, 5.41) is 9.14. The number of aromatic amines is 1. The van der Waals surface area contributed by atoms with Crippen LogP contribution in [0.25, 0.3) is 11.6 Å². The van der Waals surface area contributed by atoms with Gasteiger partial charge in [-0.15, -0.1) is 4.37 Å². The van der Waals surface area contributed by atoms with Gasteiger partial charge >= 0.3 is 11.9 Å². The molecular formula is C39H52N8O8S. The maximum Gasteiger partial charge on any atom is 0.336 e. The van der Waals surface area contributed by atoms with E-state index in [0.717, 1.165) is 43.5 Å². The van der Waals surface area contributed by atoms with Gasteiger partial charge in [0.05, 0.1) is 36.1 Å². The van der Waals surface area contributed by atoms with E-state index in [-0.39, 0.29) is 36.3 Å². The summed E-state index contributed by atoms with van der Waals surface area (Å²) in [6.45, 7) is 19.6. The number of carbonyl (C=O) groups is 4. The number of amides is 2. The minimum Gasteiger partial charge on any atom is -0.470 e. The molecule has 0 aliphatic carbocycles. The van der Waals surface area contributed by atoms with Crippen LogP contribution in [0.2, 0.25) is 0 Å². The third kappa shape index (κ3) is 11.2. The van der Waals surface area contributed by atoms with E-state index in [1.807, 2.05) is 39.5 Å². The second-order valence-electron chi connectivity index (χ2n) is 14.4. The minimum absolute atomic E-state index is 0.000626. The molecule has 3 aromatic rings. The topological polar surface area (TPSA) is 189 Å². The van der Waals surface area contributed by atoms with E-state index >= 15 is 0 Å². The smallest absolute Gasteiger partial charge is 0.336 e. The third-order valence-electron chi connectivity index (χ3n) is 9.25. The summed E-state index contributed by atoms with van der Waals surface area (Å²) in [6.07, 6.45) is 2.93. The summed E-state index contributed by atoms with van der Waals surface area (Å²) in [5.74, 6) is -0.980. The molecule has 2 aliphatic heterocycles. The number of esters is 2. The Hall–Kier alpha value is -5.10. The Morgan fingerprint density at radius 3 is 2.54 bits per heavy atom. The molecule has 1 atom stereocenters. The fourth-order valence-corrected chi connectivity index (χ4v) is 6.70. The van der Waals surface area contributed by atoms with E-state index in [9.17, 15) is 19.2 Å². The highest BCUT2D eigenvalue weighted by Crippen LogP contribution is 2.36.